The van der Waals surface area contributed by atoms with Gasteiger partial charge >= 0.3 is 0 Å². The summed E-state index contributed by atoms with van der Waals surface area (Å²) in [6, 6.07) is 5.87. The molecular weight excluding hydrogens is 781 g/mol. The minimum atomic E-state index is -5.55. The van der Waals surface area contributed by atoms with Crippen molar-refractivity contribution in [2.24, 2.45) is 0 Å². The molecule has 1 aromatic heterocycles. The van der Waals surface area contributed by atoms with E-state index >= 15 is 0 Å². The smallest absolute Gasteiger partial charge is 0.300 e. The van der Waals surface area contributed by atoms with Crippen LogP contribution < -0.4 is 21.7 Å². The summed E-state index contributed by atoms with van der Waals surface area (Å²) in [5.41, 5.74) is -7.00. The van der Waals surface area contributed by atoms with Gasteiger partial charge in [0.25, 0.3) is 20.2 Å². The van der Waals surface area contributed by atoms with Crippen LogP contribution in [-0.2, 0) is 39.0 Å². The number of phenolic OH excluding ortho intramolecular Hbond substituents is 2. The van der Waals surface area contributed by atoms with Crippen LogP contribution in [0, 0.1) is 0 Å². The van der Waals surface area contributed by atoms with Crippen LogP contribution in [0.4, 0.5) is 0 Å². The van der Waals surface area contributed by atoms with Crippen LogP contribution in [0.25, 0.3) is 65.2 Å². The molecule has 0 bridgehead atoms. The van der Waals surface area contributed by atoms with Gasteiger partial charge in [0.1, 0.15) is 10.6 Å². The molecule has 52 heavy (non-hydrogen) atoms. The normalized spacial score (nSPS) is 12.7. The number of hydrogen-bond acceptors (Lipinski definition) is 18. The van der Waals surface area contributed by atoms with Gasteiger partial charge in [-0.1, -0.05) is 10.1 Å². The van der Waals surface area contributed by atoms with Crippen LogP contribution in [0.15, 0.2) is 75.2 Å². The molecule has 1 heterocycles. The predicted molar refractivity (Wildman–Crippen MR) is 181 cm³/mol. The zero-order chi connectivity index (χ0) is 37.6. The highest BCUT2D eigenvalue weighted by Crippen LogP contribution is 2.44. The van der Waals surface area contributed by atoms with Crippen LogP contribution in [0.3, 0.4) is 0 Å². The average molecular weight is 795 g/mol. The van der Waals surface area contributed by atoms with Crippen molar-refractivity contribution in [2.75, 3.05) is 0 Å². The second-order valence-electron chi connectivity index (χ2n) is 10.7. The van der Waals surface area contributed by atoms with Crippen molar-refractivity contribution < 1.29 is 65.4 Å². The molecular formula is C28H14N2O18S4. The molecule has 0 saturated heterocycles. The summed E-state index contributed by atoms with van der Waals surface area (Å²) in [6.45, 7) is 0. The number of nitrogens with one attached hydrogen (secondary N) is 2. The van der Waals surface area contributed by atoms with Crippen molar-refractivity contribution in [1.29, 1.82) is 0 Å². The fraction of sp³-hybridized carbons (Fsp3) is 0. The molecule has 0 aliphatic rings. The fourth-order valence-electron chi connectivity index (χ4n) is 6.07. The summed E-state index contributed by atoms with van der Waals surface area (Å²) < 4.78 is 78.1. The van der Waals surface area contributed by atoms with Crippen LogP contribution in [-0.4, -0.2) is 56.6 Å². The lowest BCUT2D eigenvalue weighted by molar-refractivity contribution is -0.432. The molecule has 0 aliphatic heterocycles. The first kappa shape index (κ1) is 35.4. The van der Waals surface area contributed by atoms with Crippen LogP contribution in [0.2, 0.25) is 0 Å². The third-order valence-corrected chi connectivity index (χ3v) is 11.1. The highest BCUT2D eigenvalue weighted by Gasteiger charge is 2.31. The van der Waals surface area contributed by atoms with Gasteiger partial charge < -0.3 is 20.2 Å². The summed E-state index contributed by atoms with van der Waals surface area (Å²) in [4.78, 5) is 58.1. The number of hydrogen-bond donors (Lipinski definition) is 8. The van der Waals surface area contributed by atoms with Gasteiger partial charge in [0, 0.05) is 26.4 Å². The molecule has 7 aromatic rings. The maximum atomic E-state index is 14.1. The molecule has 0 amide bonds. The summed E-state index contributed by atoms with van der Waals surface area (Å²) in [5, 5.41) is 42.4. The van der Waals surface area contributed by atoms with Crippen LogP contribution in [0.1, 0.15) is 0 Å². The molecule has 8 N–H and O–H groups in total. The number of phenols is 2. The molecule has 0 radical (unpaired) electrons. The van der Waals surface area contributed by atoms with Gasteiger partial charge in [-0.25, -0.2) is 10.5 Å². The Labute approximate surface area is 292 Å². The zero-order valence-electron chi connectivity index (χ0n) is 24.7. The number of fused-ring (bicyclic) bond motifs is 8. The SMILES string of the molecule is O=c1c2ccc(S(=O)(=O)O)cc2c(=O)c2c1c(O)c(SOOO)c1[nH]c3c([nH]c12)c(S(=O)(=O)O)c(O)c1c(=O)c2ccc(SOOO)cc2c(=O)c13. The monoisotopic (exact) mass is 794 g/mol. The molecule has 0 saturated carbocycles. The van der Waals surface area contributed by atoms with E-state index in [9.17, 15) is 55.3 Å². The molecule has 0 fully saturated rings. The van der Waals surface area contributed by atoms with E-state index < -0.39 is 123 Å². The minimum absolute atomic E-state index is 0.0309. The van der Waals surface area contributed by atoms with E-state index in [0.717, 1.165) is 24.3 Å². The van der Waals surface area contributed by atoms with E-state index in [1.54, 1.807) is 0 Å². The maximum Gasteiger partial charge on any atom is 0.300 e. The van der Waals surface area contributed by atoms with E-state index in [4.69, 9.17) is 10.5 Å². The topological polar surface area (TPSA) is 326 Å². The van der Waals surface area contributed by atoms with E-state index in [0.29, 0.717) is 18.1 Å². The summed E-state index contributed by atoms with van der Waals surface area (Å²) in [6.07, 6.45) is 0. The molecule has 7 rings (SSSR count). The van der Waals surface area contributed by atoms with Crippen molar-refractivity contribution >= 4 is 109 Å². The van der Waals surface area contributed by atoms with Crippen molar-refractivity contribution in [1.82, 2.24) is 9.97 Å². The lowest BCUT2D eigenvalue weighted by Crippen LogP contribution is -2.17. The summed E-state index contributed by atoms with van der Waals surface area (Å²) >= 11 is 0.450. The minimum Gasteiger partial charge on any atom is -0.506 e. The Hall–Kier alpha value is -4.96. The standard InChI is InChI=1S/C28H14N2O18S4/c31-21-10-4-2-8(51(39,40)41)6-12(10)24(34)13-15(21)25(35)27(50-48-46-38)19-17(13)30-20-18(29-19)14-16(26(36)28(20)52(42,43)44)22(32)9-3-1-7(49-47-45-37)5-11(9)23(14)33/h1-6,29-30,35-38H,(H,39,40,41)(H,42,43,44). The number of H-pyrrole nitrogens is 2. The van der Waals surface area contributed by atoms with Crippen molar-refractivity contribution in [2.45, 2.75) is 19.6 Å². The Bertz CT molecular complexity index is 3220. The van der Waals surface area contributed by atoms with E-state index in [-0.39, 0.29) is 27.7 Å². The molecule has 6 aromatic carbocycles. The zero-order valence-corrected chi connectivity index (χ0v) is 27.9. The van der Waals surface area contributed by atoms with Gasteiger partial charge in [0.05, 0.1) is 72.6 Å². The maximum absolute atomic E-state index is 14.1. The first-order valence-electron chi connectivity index (χ1n) is 13.6. The molecule has 0 aliphatic carbocycles. The Balaban J connectivity index is 1.79. The first-order valence-corrected chi connectivity index (χ1v) is 18.0. The van der Waals surface area contributed by atoms with Gasteiger partial charge in [0.15, 0.2) is 32.4 Å². The molecule has 268 valence electrons. The predicted octanol–water partition coefficient (Wildman–Crippen LogP) is 2.90. The molecule has 0 atom stereocenters. The largest absolute Gasteiger partial charge is 0.506 e. The third kappa shape index (κ3) is 5.25. The first-order chi connectivity index (χ1) is 24.5. The van der Waals surface area contributed by atoms with E-state index in [2.05, 4.69) is 28.7 Å². The van der Waals surface area contributed by atoms with Crippen molar-refractivity contribution in [3.05, 3.63) is 77.3 Å². The van der Waals surface area contributed by atoms with Crippen molar-refractivity contribution in [3.8, 4) is 11.5 Å². The highest BCUT2D eigenvalue weighted by atomic mass is 32.2. The Morgan fingerprint density at radius 2 is 1.06 bits per heavy atom. The average Bonchev–Trinajstić information content (AvgIpc) is 3.09. The summed E-state index contributed by atoms with van der Waals surface area (Å²) in [7, 11) is -10.5. The third-order valence-electron chi connectivity index (χ3n) is 8.09. The number of aromatic hydroxyl groups is 2. The number of benzene rings is 6. The quantitative estimate of drug-likeness (QED) is 0.0274. The Morgan fingerprint density at radius 3 is 1.63 bits per heavy atom. The Morgan fingerprint density at radius 1 is 0.558 bits per heavy atom. The number of rotatable bonds is 8. The van der Waals surface area contributed by atoms with E-state index in [1.807, 2.05) is 0 Å². The fourth-order valence-corrected chi connectivity index (χ4v) is 8.25. The van der Waals surface area contributed by atoms with Gasteiger partial charge in [-0.3, -0.25) is 28.3 Å². The molecule has 0 spiro atoms. The molecule has 20 nitrogen and oxygen atoms in total. The number of aromatic nitrogens is 2. The van der Waals surface area contributed by atoms with Crippen LogP contribution >= 0.6 is 24.1 Å². The van der Waals surface area contributed by atoms with Gasteiger partial charge in [-0.2, -0.15) is 16.8 Å². The lowest BCUT2D eigenvalue weighted by Gasteiger charge is -2.16. The van der Waals surface area contributed by atoms with Crippen LogP contribution in [0.5, 0.6) is 11.5 Å². The summed E-state index contributed by atoms with van der Waals surface area (Å²) in [5.74, 6) is -2.42. The van der Waals surface area contributed by atoms with E-state index in [1.165, 1.54) is 6.07 Å². The molecule has 0 unspecified atom stereocenters. The second kappa shape index (κ2) is 12.3. The number of aromatic amines is 2. The lowest BCUT2D eigenvalue weighted by atomic mass is 9.98. The van der Waals surface area contributed by atoms with Crippen molar-refractivity contribution in [3.63, 3.8) is 0 Å². The van der Waals surface area contributed by atoms with Gasteiger partial charge in [-0.05, 0) is 36.4 Å². The highest BCUT2D eigenvalue weighted by molar-refractivity contribution is 7.95. The van der Waals surface area contributed by atoms with Gasteiger partial charge in [-0.15, -0.1) is 8.67 Å². The Kier molecular flexibility index (Phi) is 8.40. The second-order valence-corrected chi connectivity index (χ2v) is 15.0. The van der Waals surface area contributed by atoms with Gasteiger partial charge in [0.2, 0.25) is 0 Å². The molecule has 24 heteroatoms.